The maximum Gasteiger partial charge on any atom is 0.425 e. The highest BCUT2D eigenvalue weighted by Gasteiger charge is 2.49. The fourth-order valence-electron chi connectivity index (χ4n) is 2.66. The molecule has 29 heavy (non-hydrogen) atoms. The van der Waals surface area contributed by atoms with Gasteiger partial charge in [-0.3, -0.25) is 9.69 Å². The predicted octanol–water partition coefficient (Wildman–Crippen LogP) is 1.14. The molecule has 1 heterocycles. The molecule has 11 nitrogen and oxygen atoms in total. The number of oxime groups is 1. The van der Waals surface area contributed by atoms with E-state index in [1.165, 1.54) is 6.92 Å². The van der Waals surface area contributed by atoms with Gasteiger partial charge in [0.25, 0.3) is 0 Å². The number of benzene rings is 1. The van der Waals surface area contributed by atoms with E-state index in [4.69, 9.17) is 4.74 Å². The van der Waals surface area contributed by atoms with Crippen molar-refractivity contribution in [2.24, 2.45) is 11.1 Å². The van der Waals surface area contributed by atoms with Crippen molar-refractivity contribution in [2.45, 2.75) is 26.0 Å². The molecule has 0 saturated carbocycles. The molecule has 2 rings (SSSR count). The van der Waals surface area contributed by atoms with Crippen LogP contribution in [0, 0.1) is 5.92 Å². The van der Waals surface area contributed by atoms with Crippen LogP contribution in [0.3, 0.4) is 0 Å². The molecule has 154 valence electrons. The molecular formula is C18H19N3O8. The van der Waals surface area contributed by atoms with Gasteiger partial charge in [0, 0.05) is 0 Å². The largest absolute Gasteiger partial charge is 0.467 e. The van der Waals surface area contributed by atoms with Gasteiger partial charge in [0.1, 0.15) is 18.9 Å². The van der Waals surface area contributed by atoms with Crippen LogP contribution < -0.4 is 0 Å². The molecule has 1 N–H and O–H groups in total. The maximum atomic E-state index is 12.9. The number of urea groups is 1. The van der Waals surface area contributed by atoms with Crippen LogP contribution in [-0.2, 0) is 30.5 Å². The lowest BCUT2D eigenvalue weighted by atomic mass is 10.0. The van der Waals surface area contributed by atoms with Crippen LogP contribution in [-0.4, -0.2) is 64.3 Å². The number of ether oxygens (including phenoxy) is 2. The van der Waals surface area contributed by atoms with Gasteiger partial charge in [-0.15, -0.1) is 0 Å². The van der Waals surface area contributed by atoms with E-state index >= 15 is 0 Å². The first-order valence-corrected chi connectivity index (χ1v) is 8.47. The number of imide groups is 3. The smallest absolute Gasteiger partial charge is 0.425 e. The Morgan fingerprint density at radius 2 is 1.97 bits per heavy atom. The molecule has 1 saturated heterocycles. The minimum Gasteiger partial charge on any atom is -0.467 e. The van der Waals surface area contributed by atoms with Gasteiger partial charge in [-0.25, -0.2) is 14.4 Å². The average molecular weight is 405 g/mol. The van der Waals surface area contributed by atoms with Gasteiger partial charge in [0.2, 0.25) is 5.91 Å². The van der Waals surface area contributed by atoms with E-state index in [0.717, 1.165) is 7.11 Å². The summed E-state index contributed by atoms with van der Waals surface area (Å²) in [4.78, 5) is 61.6. The summed E-state index contributed by atoms with van der Waals surface area (Å²) >= 11 is 0. The fourth-order valence-corrected chi connectivity index (χ4v) is 2.66. The Labute approximate surface area is 165 Å². The second-order valence-electron chi connectivity index (χ2n) is 6.05. The molecule has 1 aliphatic rings. The Balaban J connectivity index is 2.31. The number of aldehydes is 1. The van der Waals surface area contributed by atoms with Gasteiger partial charge in [-0.05, 0) is 12.5 Å². The van der Waals surface area contributed by atoms with Crippen LogP contribution in [0.1, 0.15) is 18.9 Å². The van der Waals surface area contributed by atoms with Crippen molar-refractivity contribution in [3.63, 3.8) is 0 Å². The molecule has 0 radical (unpaired) electrons. The Morgan fingerprint density at radius 3 is 2.52 bits per heavy atom. The van der Waals surface area contributed by atoms with E-state index in [-0.39, 0.29) is 11.5 Å². The Morgan fingerprint density at radius 1 is 1.31 bits per heavy atom. The van der Waals surface area contributed by atoms with E-state index < -0.39 is 48.2 Å². The van der Waals surface area contributed by atoms with E-state index in [1.54, 1.807) is 30.3 Å². The monoisotopic (exact) mass is 405 g/mol. The van der Waals surface area contributed by atoms with Crippen molar-refractivity contribution in [1.82, 2.24) is 9.80 Å². The molecule has 11 heteroatoms. The molecule has 1 fully saturated rings. The fraction of sp³-hybridized carbons (Fsp3) is 0.333. The highest BCUT2D eigenvalue weighted by Crippen LogP contribution is 2.23. The zero-order valence-corrected chi connectivity index (χ0v) is 15.7. The molecule has 1 aromatic rings. The number of hydrogen-bond donors (Lipinski definition) is 1. The predicted molar refractivity (Wildman–Crippen MR) is 95.6 cm³/mol. The number of amides is 4. The molecule has 0 aromatic heterocycles. The van der Waals surface area contributed by atoms with E-state index in [9.17, 15) is 29.2 Å². The molecule has 1 aromatic carbocycles. The molecule has 0 aliphatic carbocycles. The van der Waals surface area contributed by atoms with Crippen LogP contribution >= 0.6 is 0 Å². The lowest BCUT2D eigenvalue weighted by Crippen LogP contribution is -2.63. The molecule has 2 atom stereocenters. The Bertz CT molecular complexity index is 839. The summed E-state index contributed by atoms with van der Waals surface area (Å²) in [7, 11) is 1.04. The zero-order valence-electron chi connectivity index (χ0n) is 15.7. The second-order valence-corrected chi connectivity index (χ2v) is 6.05. The lowest BCUT2D eigenvalue weighted by molar-refractivity contribution is -0.149. The minimum absolute atomic E-state index is 0.186. The number of carbonyl (C=O) groups is 5. The number of nitrogens with zero attached hydrogens (tertiary/aromatic N) is 3. The van der Waals surface area contributed by atoms with Crippen molar-refractivity contribution in [1.29, 1.82) is 0 Å². The summed E-state index contributed by atoms with van der Waals surface area (Å²) < 4.78 is 9.59. The van der Waals surface area contributed by atoms with Crippen molar-refractivity contribution in [3.8, 4) is 0 Å². The Kier molecular flexibility index (Phi) is 7.01. The van der Waals surface area contributed by atoms with Crippen molar-refractivity contribution in [2.75, 3.05) is 7.11 Å². The van der Waals surface area contributed by atoms with Gasteiger partial charge >= 0.3 is 18.1 Å². The quantitative estimate of drug-likeness (QED) is 0.192. The van der Waals surface area contributed by atoms with Gasteiger partial charge in [0.15, 0.2) is 5.84 Å². The molecule has 0 spiro atoms. The van der Waals surface area contributed by atoms with Crippen LogP contribution in [0.5, 0.6) is 0 Å². The van der Waals surface area contributed by atoms with Crippen LogP contribution in [0.15, 0.2) is 35.5 Å². The van der Waals surface area contributed by atoms with Crippen LogP contribution in [0.2, 0.25) is 0 Å². The third-order valence-corrected chi connectivity index (χ3v) is 4.15. The second kappa shape index (κ2) is 9.44. The molecule has 4 amide bonds. The van der Waals surface area contributed by atoms with Crippen molar-refractivity contribution in [3.05, 3.63) is 35.9 Å². The minimum atomic E-state index is -1.51. The molecule has 0 bridgehead atoms. The lowest BCUT2D eigenvalue weighted by Gasteiger charge is -2.37. The average Bonchev–Trinajstić information content (AvgIpc) is 2.73. The maximum absolute atomic E-state index is 12.9. The number of methoxy groups -OCH3 is 1. The van der Waals surface area contributed by atoms with Crippen molar-refractivity contribution < 1.29 is 38.7 Å². The molecular weight excluding hydrogens is 386 g/mol. The number of carbonyl (C=O) groups excluding carboxylic acids is 5. The Hall–Kier alpha value is -3.76. The van der Waals surface area contributed by atoms with Gasteiger partial charge in [0.05, 0.1) is 19.4 Å². The first kappa shape index (κ1) is 21.5. The third-order valence-electron chi connectivity index (χ3n) is 4.15. The topological polar surface area (TPSA) is 143 Å². The molecule has 2 unspecified atom stereocenters. The summed E-state index contributed by atoms with van der Waals surface area (Å²) in [5, 5.41) is 12.2. The summed E-state index contributed by atoms with van der Waals surface area (Å²) in [5.74, 6) is -3.63. The van der Waals surface area contributed by atoms with Gasteiger partial charge < -0.3 is 19.5 Å². The highest BCUT2D eigenvalue weighted by atomic mass is 16.6. The van der Waals surface area contributed by atoms with Crippen LogP contribution in [0.25, 0.3) is 0 Å². The number of hydrogen-bond acceptors (Lipinski definition) is 9. The van der Waals surface area contributed by atoms with E-state index in [0.29, 0.717) is 16.7 Å². The SMILES string of the molecule is COC(=O)C1CC(=O)N(C(=O)OCc2ccccc2)C(=O)N1C(=NO)C(C)C=O. The zero-order chi connectivity index (χ0) is 21.6. The standard InChI is InChI=1S/C18H19N3O8/c1-11(9-22)15(19-27)20-13(16(24)28-2)8-14(23)21(17(20)25)18(26)29-10-12-6-4-3-5-7-12/h3-7,9,11,13,27H,8,10H2,1-2H3. The summed E-state index contributed by atoms with van der Waals surface area (Å²) in [5.41, 5.74) is 0.620. The summed E-state index contributed by atoms with van der Waals surface area (Å²) in [6.07, 6.45) is -1.54. The van der Waals surface area contributed by atoms with Gasteiger partial charge in [-0.2, -0.15) is 4.90 Å². The number of esters is 1. The van der Waals surface area contributed by atoms with Gasteiger partial charge in [-0.1, -0.05) is 35.5 Å². The van der Waals surface area contributed by atoms with E-state index in [1.807, 2.05) is 0 Å². The first-order valence-electron chi connectivity index (χ1n) is 8.47. The first-order chi connectivity index (χ1) is 13.8. The molecule has 1 aliphatic heterocycles. The van der Waals surface area contributed by atoms with E-state index in [2.05, 4.69) is 9.89 Å². The normalized spacial score (nSPS) is 18.3. The summed E-state index contributed by atoms with van der Waals surface area (Å²) in [6, 6.07) is 5.74. The number of rotatable bonds is 5. The third kappa shape index (κ3) is 4.57. The van der Waals surface area contributed by atoms with Crippen LogP contribution in [0.4, 0.5) is 9.59 Å². The van der Waals surface area contributed by atoms with Crippen molar-refractivity contribution >= 4 is 36.1 Å². The summed E-state index contributed by atoms with van der Waals surface area (Å²) in [6.45, 7) is 1.10. The highest BCUT2D eigenvalue weighted by molar-refractivity contribution is 6.18. The number of amidine groups is 1.